The number of nitrogens with one attached hydrogen (secondary N) is 1. The molecule has 1 aromatic carbocycles. The third-order valence-corrected chi connectivity index (χ3v) is 6.59. The molecule has 10 heteroatoms. The van der Waals surface area contributed by atoms with Crippen molar-refractivity contribution in [2.24, 2.45) is 5.92 Å². The molecule has 8 nitrogen and oxygen atoms in total. The van der Waals surface area contributed by atoms with E-state index in [-0.39, 0.29) is 24.0 Å². The van der Waals surface area contributed by atoms with E-state index in [2.05, 4.69) is 15.5 Å². The van der Waals surface area contributed by atoms with Gasteiger partial charge in [-0.3, -0.25) is 14.4 Å². The molecule has 0 saturated heterocycles. The Kier molecular flexibility index (Phi) is 8.57. The number of hydrogen-bond acceptors (Lipinski definition) is 9. The summed E-state index contributed by atoms with van der Waals surface area (Å²) in [5, 5.41) is 11.2. The normalized spacial score (nSPS) is 10.8. The Hall–Kier alpha value is -2.98. The zero-order valence-corrected chi connectivity index (χ0v) is 19.3. The monoisotopic (exact) mass is 473 g/mol. The molecule has 0 atom stereocenters. The van der Waals surface area contributed by atoms with Crippen LogP contribution in [0.4, 0.5) is 5.13 Å². The third kappa shape index (κ3) is 6.76. The second-order valence-electron chi connectivity index (χ2n) is 6.88. The number of aromatic nitrogens is 2. The van der Waals surface area contributed by atoms with Crippen LogP contribution in [-0.2, 0) is 21.8 Å². The molecular weight excluding hydrogens is 450 g/mol. The highest BCUT2D eigenvalue weighted by Gasteiger charge is 2.17. The summed E-state index contributed by atoms with van der Waals surface area (Å²) in [5.41, 5.74) is 0.353. The van der Waals surface area contributed by atoms with Crippen molar-refractivity contribution in [3.05, 3.63) is 64.2 Å². The maximum absolute atomic E-state index is 12.3. The smallest absolute Gasteiger partial charge is 0.315 e. The summed E-state index contributed by atoms with van der Waals surface area (Å²) in [6.45, 7) is 3.94. The highest BCUT2D eigenvalue weighted by molar-refractivity contribution is 8.00. The predicted octanol–water partition coefficient (Wildman–Crippen LogP) is 4.31. The first-order valence-electron chi connectivity index (χ1n) is 10.1. The van der Waals surface area contributed by atoms with E-state index in [1.54, 1.807) is 12.1 Å². The lowest BCUT2D eigenvalue weighted by atomic mass is 10.0. The lowest BCUT2D eigenvalue weighted by molar-refractivity contribution is -0.133. The highest BCUT2D eigenvalue weighted by Crippen LogP contribution is 2.28. The Bertz CT molecular complexity index is 1110. The summed E-state index contributed by atoms with van der Waals surface area (Å²) >= 11 is 2.58. The molecule has 2 aromatic heterocycles. The standard InChI is InChI=1S/C22H23N3O5S2/c1-3-15(4-2)20(28)23-21-24-25-22(32-21)31-13-16-11-17(26)18(12-29-16)30-19(27)10-14-8-6-5-7-9-14/h5-9,11-12,15H,3-4,10,13H2,1-2H3,(H,23,24,28). The SMILES string of the molecule is CCC(CC)C(=O)Nc1nnc(SCc2cc(=O)c(OC(=O)Cc3ccccc3)co2)s1. The molecule has 0 aliphatic rings. The van der Waals surface area contributed by atoms with Crippen molar-refractivity contribution in [3.8, 4) is 5.75 Å². The summed E-state index contributed by atoms with van der Waals surface area (Å²) < 4.78 is 11.2. The number of esters is 1. The van der Waals surface area contributed by atoms with Crippen LogP contribution >= 0.6 is 23.1 Å². The van der Waals surface area contributed by atoms with Gasteiger partial charge in [-0.25, -0.2) is 0 Å². The zero-order chi connectivity index (χ0) is 22.9. The minimum absolute atomic E-state index is 0.0513. The van der Waals surface area contributed by atoms with Gasteiger partial charge >= 0.3 is 5.97 Å². The first-order valence-corrected chi connectivity index (χ1v) is 11.9. The van der Waals surface area contributed by atoms with Gasteiger partial charge in [0.25, 0.3) is 0 Å². The van der Waals surface area contributed by atoms with Gasteiger partial charge in [-0.1, -0.05) is 67.3 Å². The highest BCUT2D eigenvalue weighted by atomic mass is 32.2. The number of carbonyl (C=O) groups excluding carboxylic acids is 2. The summed E-state index contributed by atoms with van der Waals surface area (Å²) in [6.07, 6.45) is 2.73. The Morgan fingerprint density at radius 3 is 2.62 bits per heavy atom. The van der Waals surface area contributed by atoms with E-state index < -0.39 is 11.4 Å². The lowest BCUT2D eigenvalue weighted by Crippen LogP contribution is -2.21. The van der Waals surface area contributed by atoms with Gasteiger partial charge in [-0.15, -0.1) is 10.2 Å². The number of benzene rings is 1. The molecule has 32 heavy (non-hydrogen) atoms. The average Bonchev–Trinajstić information content (AvgIpc) is 3.22. The van der Waals surface area contributed by atoms with Crippen molar-refractivity contribution < 1.29 is 18.7 Å². The minimum atomic E-state index is -0.539. The van der Waals surface area contributed by atoms with Crippen LogP contribution < -0.4 is 15.5 Å². The topological polar surface area (TPSA) is 111 Å². The third-order valence-electron chi connectivity index (χ3n) is 4.60. The second-order valence-corrected chi connectivity index (χ2v) is 9.08. The van der Waals surface area contributed by atoms with Crippen molar-refractivity contribution >= 4 is 40.1 Å². The van der Waals surface area contributed by atoms with Gasteiger partial charge in [0.1, 0.15) is 12.0 Å². The van der Waals surface area contributed by atoms with Crippen molar-refractivity contribution in [2.75, 3.05) is 5.32 Å². The fourth-order valence-corrected chi connectivity index (χ4v) is 4.47. The maximum atomic E-state index is 12.3. The van der Waals surface area contributed by atoms with Gasteiger partial charge in [0.2, 0.25) is 22.2 Å². The van der Waals surface area contributed by atoms with Crippen LogP contribution in [0.2, 0.25) is 0 Å². The van der Waals surface area contributed by atoms with E-state index in [4.69, 9.17) is 9.15 Å². The first kappa shape index (κ1) is 23.7. The second kappa shape index (κ2) is 11.6. The van der Waals surface area contributed by atoms with Gasteiger partial charge in [0.15, 0.2) is 4.34 Å². The molecule has 0 saturated carbocycles. The molecule has 3 rings (SSSR count). The molecule has 0 bridgehead atoms. The van der Waals surface area contributed by atoms with E-state index in [9.17, 15) is 14.4 Å². The number of ether oxygens (including phenoxy) is 1. The molecule has 3 aromatic rings. The van der Waals surface area contributed by atoms with Gasteiger partial charge in [0.05, 0.1) is 12.2 Å². The van der Waals surface area contributed by atoms with Gasteiger partial charge in [-0.05, 0) is 18.4 Å². The Balaban J connectivity index is 1.53. The molecular formula is C22H23N3O5S2. The minimum Gasteiger partial charge on any atom is -0.464 e. The molecule has 0 aliphatic carbocycles. The number of amides is 1. The van der Waals surface area contributed by atoms with Crippen molar-refractivity contribution in [2.45, 2.75) is 43.2 Å². The molecule has 0 spiro atoms. The summed E-state index contributed by atoms with van der Waals surface area (Å²) in [5.74, 6) is -0.0661. The maximum Gasteiger partial charge on any atom is 0.315 e. The largest absolute Gasteiger partial charge is 0.464 e. The summed E-state index contributed by atoms with van der Waals surface area (Å²) in [6, 6.07) is 10.4. The fourth-order valence-electron chi connectivity index (χ4n) is 2.83. The summed E-state index contributed by atoms with van der Waals surface area (Å²) in [4.78, 5) is 36.5. The van der Waals surface area contributed by atoms with Crippen molar-refractivity contribution in [3.63, 3.8) is 0 Å². The molecule has 168 valence electrons. The van der Waals surface area contributed by atoms with Gasteiger partial charge in [-0.2, -0.15) is 0 Å². The number of hydrogen-bond donors (Lipinski definition) is 1. The Morgan fingerprint density at radius 2 is 1.94 bits per heavy atom. The fraction of sp³-hybridized carbons (Fsp3) is 0.318. The van der Waals surface area contributed by atoms with Crippen LogP contribution in [-0.4, -0.2) is 22.1 Å². The number of rotatable bonds is 10. The van der Waals surface area contributed by atoms with Crippen molar-refractivity contribution in [1.82, 2.24) is 10.2 Å². The molecule has 0 aliphatic heterocycles. The molecule has 2 heterocycles. The Morgan fingerprint density at radius 1 is 1.19 bits per heavy atom. The zero-order valence-electron chi connectivity index (χ0n) is 17.7. The summed E-state index contributed by atoms with van der Waals surface area (Å²) in [7, 11) is 0. The number of thioether (sulfide) groups is 1. The van der Waals surface area contributed by atoms with Gasteiger partial charge in [0, 0.05) is 12.0 Å². The molecule has 0 fully saturated rings. The van der Waals surface area contributed by atoms with Crippen molar-refractivity contribution in [1.29, 1.82) is 0 Å². The van der Waals surface area contributed by atoms with Crippen LogP contribution in [0, 0.1) is 5.92 Å². The predicted molar refractivity (Wildman–Crippen MR) is 123 cm³/mol. The number of nitrogens with zero attached hydrogens (tertiary/aromatic N) is 2. The van der Waals surface area contributed by atoms with E-state index >= 15 is 0 Å². The van der Waals surface area contributed by atoms with Crippen LogP contribution in [0.15, 0.2) is 56.2 Å². The van der Waals surface area contributed by atoms with Crippen LogP contribution in [0.25, 0.3) is 0 Å². The molecule has 1 amide bonds. The van der Waals surface area contributed by atoms with Crippen LogP contribution in [0.1, 0.15) is 38.0 Å². The first-order chi connectivity index (χ1) is 15.5. The van der Waals surface area contributed by atoms with E-state index in [1.165, 1.54) is 29.2 Å². The molecule has 0 unspecified atom stereocenters. The molecule has 1 N–H and O–H groups in total. The van der Waals surface area contributed by atoms with E-state index in [0.717, 1.165) is 24.7 Å². The quantitative estimate of drug-likeness (QED) is 0.263. The number of carbonyl (C=O) groups is 2. The lowest BCUT2D eigenvalue weighted by Gasteiger charge is -2.09. The van der Waals surface area contributed by atoms with Crippen LogP contribution in [0.3, 0.4) is 0 Å². The average molecular weight is 474 g/mol. The Labute approximate surface area is 193 Å². The van der Waals surface area contributed by atoms with Crippen LogP contribution in [0.5, 0.6) is 5.75 Å². The van der Waals surface area contributed by atoms with E-state index in [1.807, 2.05) is 32.0 Å². The number of anilines is 1. The van der Waals surface area contributed by atoms with E-state index in [0.29, 0.717) is 21.0 Å². The molecule has 0 radical (unpaired) electrons. The van der Waals surface area contributed by atoms with Gasteiger partial charge < -0.3 is 14.5 Å².